The van der Waals surface area contributed by atoms with Crippen LogP contribution in [-0.2, 0) is 9.53 Å². The minimum Gasteiger partial charge on any atom is -0.450 e. The van der Waals surface area contributed by atoms with E-state index in [1.165, 1.54) is 20.0 Å². The van der Waals surface area contributed by atoms with Gasteiger partial charge in [-0.3, -0.25) is 14.4 Å². The van der Waals surface area contributed by atoms with Crippen molar-refractivity contribution in [1.29, 1.82) is 0 Å². The van der Waals surface area contributed by atoms with E-state index in [1.807, 2.05) is 38.1 Å². The van der Waals surface area contributed by atoms with Gasteiger partial charge >= 0.3 is 5.97 Å². The van der Waals surface area contributed by atoms with E-state index in [9.17, 15) is 14.4 Å². The number of ketones is 1. The van der Waals surface area contributed by atoms with E-state index in [0.29, 0.717) is 5.69 Å². The van der Waals surface area contributed by atoms with Crippen LogP contribution in [0.1, 0.15) is 49.7 Å². The summed E-state index contributed by atoms with van der Waals surface area (Å²) in [5, 5.41) is 0. The SMILES string of the molecule is CC(C)c1ccccc1-c1c[nH]c(=O)c(C(=O)C(C)(C)OC(=O)CN)n1. The van der Waals surface area contributed by atoms with Crippen LogP contribution < -0.4 is 11.3 Å². The van der Waals surface area contributed by atoms with Crippen molar-refractivity contribution in [2.75, 3.05) is 6.54 Å². The number of aromatic amines is 1. The molecular weight excluding hydrogens is 334 g/mol. The average molecular weight is 357 g/mol. The van der Waals surface area contributed by atoms with Crippen LogP contribution in [0, 0.1) is 0 Å². The van der Waals surface area contributed by atoms with Crippen LogP contribution >= 0.6 is 0 Å². The van der Waals surface area contributed by atoms with E-state index >= 15 is 0 Å². The van der Waals surface area contributed by atoms with Gasteiger partial charge in [0, 0.05) is 11.8 Å². The van der Waals surface area contributed by atoms with E-state index in [2.05, 4.69) is 9.97 Å². The Morgan fingerprint density at radius 1 is 1.27 bits per heavy atom. The number of H-pyrrole nitrogens is 1. The number of rotatable bonds is 6. The second kappa shape index (κ2) is 7.61. The van der Waals surface area contributed by atoms with Gasteiger partial charge in [-0.25, -0.2) is 4.98 Å². The highest BCUT2D eigenvalue weighted by Gasteiger charge is 2.35. The Labute approximate surface area is 151 Å². The Bertz CT molecular complexity index is 884. The highest BCUT2D eigenvalue weighted by atomic mass is 16.6. The minimum absolute atomic E-state index is 0.237. The van der Waals surface area contributed by atoms with Gasteiger partial charge in [0.05, 0.1) is 12.2 Å². The van der Waals surface area contributed by atoms with E-state index < -0.39 is 22.9 Å². The third-order valence-corrected chi connectivity index (χ3v) is 3.94. The zero-order valence-corrected chi connectivity index (χ0v) is 15.3. The normalized spacial score (nSPS) is 11.5. The number of nitrogens with one attached hydrogen (secondary N) is 1. The molecule has 3 N–H and O–H groups in total. The molecule has 0 spiro atoms. The summed E-state index contributed by atoms with van der Waals surface area (Å²) in [6.07, 6.45) is 1.47. The molecular formula is C19H23N3O4. The lowest BCUT2D eigenvalue weighted by molar-refractivity contribution is -0.150. The quantitative estimate of drug-likeness (QED) is 0.604. The number of benzene rings is 1. The number of nitrogens with zero attached hydrogens (tertiary/aromatic N) is 1. The number of ether oxygens (including phenoxy) is 1. The molecule has 0 fully saturated rings. The molecule has 2 aromatic rings. The number of hydrogen-bond donors (Lipinski definition) is 2. The zero-order chi connectivity index (χ0) is 19.5. The van der Waals surface area contributed by atoms with Crippen LogP contribution in [-0.4, -0.2) is 33.9 Å². The van der Waals surface area contributed by atoms with Crippen molar-refractivity contribution >= 4 is 11.8 Å². The number of aromatic nitrogens is 2. The van der Waals surface area contributed by atoms with Gasteiger partial charge in [-0.2, -0.15) is 0 Å². The molecule has 0 unspecified atom stereocenters. The summed E-state index contributed by atoms with van der Waals surface area (Å²) >= 11 is 0. The van der Waals surface area contributed by atoms with Gasteiger partial charge in [0.2, 0.25) is 5.78 Å². The number of carbonyl (C=O) groups excluding carboxylic acids is 2. The Kier molecular flexibility index (Phi) is 5.72. The molecule has 0 aliphatic rings. The van der Waals surface area contributed by atoms with E-state index in [-0.39, 0.29) is 18.2 Å². The summed E-state index contributed by atoms with van der Waals surface area (Å²) in [7, 11) is 0. The average Bonchev–Trinajstić information content (AvgIpc) is 2.61. The fraction of sp³-hybridized carbons (Fsp3) is 0.368. The molecule has 26 heavy (non-hydrogen) atoms. The second-order valence-corrected chi connectivity index (χ2v) is 6.72. The first-order valence-electron chi connectivity index (χ1n) is 8.33. The fourth-order valence-corrected chi connectivity index (χ4v) is 2.59. The summed E-state index contributed by atoms with van der Waals surface area (Å²) in [4.78, 5) is 43.2. The first-order valence-corrected chi connectivity index (χ1v) is 8.33. The number of esters is 1. The van der Waals surface area contributed by atoms with Crippen molar-refractivity contribution in [2.24, 2.45) is 5.73 Å². The van der Waals surface area contributed by atoms with Crippen LogP contribution in [0.4, 0.5) is 0 Å². The van der Waals surface area contributed by atoms with Crippen LogP contribution in [0.3, 0.4) is 0 Å². The Hall–Kier alpha value is -2.80. The van der Waals surface area contributed by atoms with Crippen LogP contribution in [0.5, 0.6) is 0 Å². The van der Waals surface area contributed by atoms with Gasteiger partial charge in [0.25, 0.3) is 5.56 Å². The highest BCUT2D eigenvalue weighted by Crippen LogP contribution is 2.27. The Morgan fingerprint density at radius 3 is 2.54 bits per heavy atom. The molecule has 0 aliphatic heterocycles. The van der Waals surface area contributed by atoms with Crippen molar-refractivity contribution in [3.63, 3.8) is 0 Å². The lowest BCUT2D eigenvalue weighted by Crippen LogP contribution is -2.42. The smallest absolute Gasteiger partial charge is 0.320 e. The number of carbonyl (C=O) groups is 2. The van der Waals surface area contributed by atoms with Gasteiger partial charge < -0.3 is 15.5 Å². The highest BCUT2D eigenvalue weighted by molar-refractivity contribution is 6.01. The third-order valence-electron chi connectivity index (χ3n) is 3.94. The number of hydrogen-bond acceptors (Lipinski definition) is 6. The molecule has 0 saturated heterocycles. The fourth-order valence-electron chi connectivity index (χ4n) is 2.59. The summed E-state index contributed by atoms with van der Waals surface area (Å²) in [5.74, 6) is -1.19. The standard InChI is InChI=1S/C19H23N3O4/c1-11(2)12-7-5-6-8-13(12)14-10-21-18(25)16(22-14)17(24)19(3,4)26-15(23)9-20/h5-8,10-11H,9,20H2,1-4H3,(H,21,25). The molecule has 0 radical (unpaired) electrons. The maximum Gasteiger partial charge on any atom is 0.320 e. The van der Waals surface area contributed by atoms with Crippen LogP contribution in [0.25, 0.3) is 11.3 Å². The van der Waals surface area contributed by atoms with Crippen molar-refractivity contribution in [1.82, 2.24) is 9.97 Å². The van der Waals surface area contributed by atoms with Crippen LogP contribution in [0.2, 0.25) is 0 Å². The maximum absolute atomic E-state index is 12.7. The summed E-state index contributed by atoms with van der Waals surface area (Å²) in [5.41, 5.74) is 5.06. The lowest BCUT2D eigenvalue weighted by atomic mass is 9.95. The van der Waals surface area contributed by atoms with Crippen molar-refractivity contribution in [3.05, 3.63) is 52.1 Å². The van der Waals surface area contributed by atoms with Crippen LogP contribution in [0.15, 0.2) is 35.3 Å². The van der Waals surface area contributed by atoms with E-state index in [4.69, 9.17) is 10.5 Å². The molecule has 0 atom stereocenters. The first kappa shape index (κ1) is 19.5. The van der Waals surface area contributed by atoms with E-state index in [1.54, 1.807) is 0 Å². The predicted molar refractivity (Wildman–Crippen MR) is 97.9 cm³/mol. The summed E-state index contributed by atoms with van der Waals surface area (Å²) in [6, 6.07) is 7.64. The third kappa shape index (κ3) is 4.05. The lowest BCUT2D eigenvalue weighted by Gasteiger charge is -2.22. The zero-order valence-electron chi connectivity index (χ0n) is 15.3. The minimum atomic E-state index is -1.55. The number of nitrogens with two attached hydrogens (primary N) is 1. The van der Waals surface area contributed by atoms with Gasteiger partial charge in [-0.1, -0.05) is 38.1 Å². The largest absolute Gasteiger partial charge is 0.450 e. The van der Waals surface area contributed by atoms with Gasteiger partial charge in [0.1, 0.15) is 0 Å². The molecule has 138 valence electrons. The molecule has 0 bridgehead atoms. The first-order chi connectivity index (χ1) is 12.2. The molecule has 7 nitrogen and oxygen atoms in total. The Balaban J connectivity index is 2.50. The Morgan fingerprint density at radius 2 is 1.92 bits per heavy atom. The molecule has 2 rings (SSSR count). The monoisotopic (exact) mass is 357 g/mol. The predicted octanol–water partition coefficient (Wildman–Crippen LogP) is 2.02. The molecule has 0 aliphatic carbocycles. The molecule has 0 saturated carbocycles. The molecule has 0 amide bonds. The molecule has 1 aromatic carbocycles. The van der Waals surface area contributed by atoms with Gasteiger partial charge in [-0.15, -0.1) is 0 Å². The van der Waals surface area contributed by atoms with Gasteiger partial charge in [-0.05, 0) is 25.3 Å². The topological polar surface area (TPSA) is 115 Å². The van der Waals surface area contributed by atoms with Crippen molar-refractivity contribution in [2.45, 2.75) is 39.2 Å². The van der Waals surface area contributed by atoms with E-state index in [0.717, 1.165) is 11.1 Å². The molecule has 1 aromatic heterocycles. The molecule has 7 heteroatoms. The van der Waals surface area contributed by atoms with Crippen molar-refractivity contribution < 1.29 is 14.3 Å². The van der Waals surface area contributed by atoms with Crippen molar-refractivity contribution in [3.8, 4) is 11.3 Å². The molecule has 1 heterocycles. The van der Waals surface area contributed by atoms with Gasteiger partial charge in [0.15, 0.2) is 11.3 Å². The summed E-state index contributed by atoms with van der Waals surface area (Å²) < 4.78 is 5.06. The maximum atomic E-state index is 12.7. The summed E-state index contributed by atoms with van der Waals surface area (Å²) in [6.45, 7) is 6.54. The second-order valence-electron chi connectivity index (χ2n) is 6.72. The number of Topliss-reactive ketones (excluding diaryl/α,β-unsaturated/α-hetero) is 1.